The molecule has 0 unspecified atom stereocenters. The van der Waals surface area contributed by atoms with E-state index < -0.39 is 0 Å². The van der Waals surface area contributed by atoms with Gasteiger partial charge in [0.2, 0.25) is 0 Å². The highest BCUT2D eigenvalue weighted by Crippen LogP contribution is 2.25. The van der Waals surface area contributed by atoms with E-state index in [1.54, 1.807) is 12.5 Å². The third-order valence-electron chi connectivity index (χ3n) is 3.25. The summed E-state index contributed by atoms with van der Waals surface area (Å²) in [5.74, 6) is 1.93. The van der Waals surface area contributed by atoms with Crippen molar-refractivity contribution in [1.82, 2.24) is 19.7 Å². The summed E-state index contributed by atoms with van der Waals surface area (Å²) in [6.07, 6.45) is 3.58. The molecule has 1 aliphatic rings. The van der Waals surface area contributed by atoms with Crippen molar-refractivity contribution in [3.8, 4) is 0 Å². The molecule has 1 aliphatic heterocycles. The molecule has 0 fully saturated rings. The third kappa shape index (κ3) is 1.84. The van der Waals surface area contributed by atoms with E-state index in [-0.39, 0.29) is 6.04 Å². The first-order valence-corrected chi connectivity index (χ1v) is 6.08. The summed E-state index contributed by atoms with van der Waals surface area (Å²) >= 11 is 0. The molecule has 6 nitrogen and oxygen atoms in total. The maximum absolute atomic E-state index is 6.00. The molecule has 0 bridgehead atoms. The zero-order valence-corrected chi connectivity index (χ0v) is 10.3. The van der Waals surface area contributed by atoms with E-state index in [9.17, 15) is 0 Å². The Labute approximate surface area is 105 Å². The van der Waals surface area contributed by atoms with Crippen LogP contribution in [0.15, 0.2) is 24.7 Å². The smallest absolute Gasteiger partial charge is 0.152 e. The molecule has 0 aliphatic carbocycles. The van der Waals surface area contributed by atoms with Crippen LogP contribution in [0.4, 0.5) is 5.82 Å². The van der Waals surface area contributed by atoms with Crippen molar-refractivity contribution in [2.75, 3.05) is 11.4 Å². The number of aromatic nitrogens is 4. The van der Waals surface area contributed by atoms with Crippen LogP contribution in [0.2, 0.25) is 0 Å². The molecule has 94 valence electrons. The van der Waals surface area contributed by atoms with Crippen molar-refractivity contribution in [3.05, 3.63) is 36.0 Å². The molecular weight excluding hydrogens is 228 g/mol. The highest BCUT2D eigenvalue weighted by molar-refractivity contribution is 5.48. The van der Waals surface area contributed by atoms with Crippen molar-refractivity contribution in [2.45, 2.75) is 26.1 Å². The lowest BCUT2D eigenvalue weighted by atomic mass is 10.1. The Morgan fingerprint density at radius 2 is 2.28 bits per heavy atom. The first kappa shape index (κ1) is 11.2. The monoisotopic (exact) mass is 244 g/mol. The van der Waals surface area contributed by atoms with Gasteiger partial charge >= 0.3 is 0 Å². The van der Waals surface area contributed by atoms with Crippen LogP contribution in [-0.4, -0.2) is 26.3 Å². The van der Waals surface area contributed by atoms with Gasteiger partial charge in [-0.1, -0.05) is 6.07 Å². The summed E-state index contributed by atoms with van der Waals surface area (Å²) in [7, 11) is 0. The third-order valence-corrected chi connectivity index (χ3v) is 3.25. The van der Waals surface area contributed by atoms with E-state index in [2.05, 4.69) is 24.6 Å². The molecule has 0 saturated carbocycles. The van der Waals surface area contributed by atoms with Gasteiger partial charge in [-0.05, 0) is 13.0 Å². The Morgan fingerprint density at radius 1 is 1.39 bits per heavy atom. The van der Waals surface area contributed by atoms with Crippen LogP contribution in [0.1, 0.15) is 24.4 Å². The number of fused-ring (bicyclic) bond motifs is 1. The molecule has 2 aromatic heterocycles. The Balaban J connectivity index is 1.93. The van der Waals surface area contributed by atoms with Gasteiger partial charge in [0.15, 0.2) is 5.82 Å². The number of anilines is 1. The second-order valence-corrected chi connectivity index (χ2v) is 4.57. The summed E-state index contributed by atoms with van der Waals surface area (Å²) in [6, 6.07) is 3.94. The lowest BCUT2D eigenvalue weighted by molar-refractivity contribution is 0.553. The summed E-state index contributed by atoms with van der Waals surface area (Å²) in [4.78, 5) is 6.68. The fourth-order valence-electron chi connectivity index (χ4n) is 2.28. The Kier molecular flexibility index (Phi) is 2.71. The fraction of sp³-hybridized carbons (Fsp3) is 0.417. The first-order chi connectivity index (χ1) is 8.75. The standard InChI is InChI=1S/C12H16N6/c1-9(13)10-3-2-4-14-12(10)17-5-6-18-8-15-16-11(18)7-17/h2-4,8-9H,5-7,13H2,1H3/t9-/m0/s1. The molecular formula is C12H16N6. The maximum atomic E-state index is 6.00. The van der Waals surface area contributed by atoms with Gasteiger partial charge in [0.25, 0.3) is 0 Å². The normalized spacial score (nSPS) is 16.4. The average molecular weight is 244 g/mol. The minimum Gasteiger partial charge on any atom is -0.347 e. The maximum Gasteiger partial charge on any atom is 0.152 e. The Morgan fingerprint density at radius 3 is 3.11 bits per heavy atom. The van der Waals surface area contributed by atoms with Crippen LogP contribution in [-0.2, 0) is 13.1 Å². The zero-order valence-electron chi connectivity index (χ0n) is 10.3. The number of nitrogens with zero attached hydrogens (tertiary/aromatic N) is 5. The molecule has 1 atom stereocenters. The fourth-order valence-corrected chi connectivity index (χ4v) is 2.28. The van der Waals surface area contributed by atoms with Gasteiger partial charge in [0, 0.05) is 30.9 Å². The van der Waals surface area contributed by atoms with Crippen LogP contribution < -0.4 is 10.6 Å². The van der Waals surface area contributed by atoms with Gasteiger partial charge in [-0.2, -0.15) is 0 Å². The van der Waals surface area contributed by atoms with Gasteiger partial charge in [0.1, 0.15) is 12.1 Å². The summed E-state index contributed by atoms with van der Waals surface area (Å²) < 4.78 is 2.07. The number of nitrogens with two attached hydrogens (primary N) is 1. The Bertz CT molecular complexity index is 547. The van der Waals surface area contributed by atoms with Crippen molar-refractivity contribution >= 4 is 5.82 Å². The number of rotatable bonds is 2. The van der Waals surface area contributed by atoms with Gasteiger partial charge in [-0.25, -0.2) is 4.98 Å². The van der Waals surface area contributed by atoms with E-state index in [0.29, 0.717) is 0 Å². The number of pyridine rings is 1. The topological polar surface area (TPSA) is 72.9 Å². The van der Waals surface area contributed by atoms with Crippen LogP contribution in [0.25, 0.3) is 0 Å². The molecule has 0 spiro atoms. The SMILES string of the molecule is C[C@H](N)c1cccnc1N1CCn2cnnc2C1. The largest absolute Gasteiger partial charge is 0.347 e. The van der Waals surface area contributed by atoms with E-state index in [1.165, 1.54) is 0 Å². The summed E-state index contributed by atoms with van der Waals surface area (Å²) in [5, 5.41) is 8.05. The lowest BCUT2D eigenvalue weighted by Crippen LogP contribution is -2.35. The van der Waals surface area contributed by atoms with E-state index in [0.717, 1.165) is 36.8 Å². The highest BCUT2D eigenvalue weighted by Gasteiger charge is 2.21. The average Bonchev–Trinajstić information content (AvgIpc) is 2.85. The van der Waals surface area contributed by atoms with E-state index >= 15 is 0 Å². The van der Waals surface area contributed by atoms with E-state index in [4.69, 9.17) is 5.73 Å². The molecule has 0 radical (unpaired) electrons. The molecule has 2 aromatic rings. The van der Waals surface area contributed by atoms with Gasteiger partial charge < -0.3 is 15.2 Å². The lowest BCUT2D eigenvalue weighted by Gasteiger charge is -2.30. The Hall–Kier alpha value is -1.95. The molecule has 0 saturated heterocycles. The summed E-state index contributed by atoms with van der Waals surface area (Å²) in [6.45, 7) is 4.50. The van der Waals surface area contributed by atoms with Crippen LogP contribution in [0.5, 0.6) is 0 Å². The van der Waals surface area contributed by atoms with Crippen LogP contribution in [0, 0.1) is 0 Å². The number of hydrogen-bond acceptors (Lipinski definition) is 5. The zero-order chi connectivity index (χ0) is 12.5. The molecule has 0 aromatic carbocycles. The predicted octanol–water partition coefficient (Wildman–Crippen LogP) is 0.713. The molecule has 3 heterocycles. The van der Waals surface area contributed by atoms with Gasteiger partial charge in [0.05, 0.1) is 6.54 Å². The second kappa shape index (κ2) is 4.38. The second-order valence-electron chi connectivity index (χ2n) is 4.57. The van der Waals surface area contributed by atoms with Crippen molar-refractivity contribution in [1.29, 1.82) is 0 Å². The molecule has 6 heteroatoms. The van der Waals surface area contributed by atoms with Gasteiger partial charge in [-0.15, -0.1) is 10.2 Å². The van der Waals surface area contributed by atoms with Crippen molar-refractivity contribution in [2.24, 2.45) is 5.73 Å². The molecule has 18 heavy (non-hydrogen) atoms. The minimum atomic E-state index is -0.0199. The van der Waals surface area contributed by atoms with Crippen molar-refractivity contribution < 1.29 is 0 Å². The predicted molar refractivity (Wildman–Crippen MR) is 67.9 cm³/mol. The summed E-state index contributed by atoms with van der Waals surface area (Å²) in [5.41, 5.74) is 7.07. The minimum absolute atomic E-state index is 0.0199. The molecule has 3 rings (SSSR count). The van der Waals surface area contributed by atoms with Crippen LogP contribution in [0.3, 0.4) is 0 Å². The van der Waals surface area contributed by atoms with Crippen molar-refractivity contribution in [3.63, 3.8) is 0 Å². The first-order valence-electron chi connectivity index (χ1n) is 6.08. The van der Waals surface area contributed by atoms with Gasteiger partial charge in [-0.3, -0.25) is 0 Å². The number of hydrogen-bond donors (Lipinski definition) is 1. The van der Waals surface area contributed by atoms with Crippen LogP contribution >= 0.6 is 0 Å². The van der Waals surface area contributed by atoms with E-state index in [1.807, 2.05) is 19.1 Å². The highest BCUT2D eigenvalue weighted by atomic mass is 15.3. The molecule has 0 amide bonds. The molecule has 2 N–H and O–H groups in total. The quantitative estimate of drug-likeness (QED) is 0.842.